The van der Waals surface area contributed by atoms with E-state index in [9.17, 15) is 9.50 Å². The highest BCUT2D eigenvalue weighted by Crippen LogP contribution is 2.25. The van der Waals surface area contributed by atoms with Crippen LogP contribution in [0.1, 0.15) is 24.8 Å². The van der Waals surface area contributed by atoms with Gasteiger partial charge in [0.25, 0.3) is 0 Å². The molecule has 2 atom stereocenters. The van der Waals surface area contributed by atoms with Crippen molar-refractivity contribution >= 4 is 17.6 Å². The van der Waals surface area contributed by atoms with Gasteiger partial charge in [-0.1, -0.05) is 24.1 Å². The number of nitrogens with one attached hydrogen (secondary N) is 1. The van der Waals surface area contributed by atoms with Crippen LogP contribution in [-0.4, -0.2) is 42.7 Å². The molecule has 4 nitrogen and oxygen atoms in total. The molecule has 0 aliphatic heterocycles. The van der Waals surface area contributed by atoms with E-state index in [1.54, 1.807) is 19.2 Å². The van der Waals surface area contributed by atoms with Crippen LogP contribution in [0, 0.1) is 11.7 Å². The number of rotatable bonds is 4. The first kappa shape index (κ1) is 17.0. The molecule has 1 aromatic rings. The average molecular weight is 328 g/mol. The first-order chi connectivity index (χ1) is 10.5. The van der Waals surface area contributed by atoms with Gasteiger partial charge in [0.2, 0.25) is 0 Å². The van der Waals surface area contributed by atoms with Gasteiger partial charge in [-0.15, -0.1) is 0 Å². The van der Waals surface area contributed by atoms with Crippen LogP contribution in [-0.2, 0) is 6.54 Å². The highest BCUT2D eigenvalue weighted by atomic mass is 35.5. The summed E-state index contributed by atoms with van der Waals surface area (Å²) in [7, 11) is 3.52. The van der Waals surface area contributed by atoms with E-state index in [0.717, 1.165) is 19.3 Å². The van der Waals surface area contributed by atoms with Crippen molar-refractivity contribution in [1.29, 1.82) is 0 Å². The molecule has 0 radical (unpaired) electrons. The molecule has 1 aromatic carbocycles. The fourth-order valence-electron chi connectivity index (χ4n) is 2.86. The average Bonchev–Trinajstić information content (AvgIpc) is 2.89. The highest BCUT2D eigenvalue weighted by Gasteiger charge is 2.25. The van der Waals surface area contributed by atoms with Gasteiger partial charge in [-0.25, -0.2) is 4.39 Å². The second-order valence-corrected chi connectivity index (χ2v) is 6.15. The third-order valence-corrected chi connectivity index (χ3v) is 4.53. The molecule has 122 valence electrons. The molecular formula is C16H23ClFN3O. The van der Waals surface area contributed by atoms with E-state index in [-0.39, 0.29) is 17.8 Å². The zero-order chi connectivity index (χ0) is 16.1. The normalized spacial score (nSPS) is 22.0. The number of halogens is 2. The van der Waals surface area contributed by atoms with Crippen LogP contribution in [0.3, 0.4) is 0 Å². The Bertz CT molecular complexity index is 518. The SMILES string of the molecule is CN=C(NCC1CCCC1O)N(C)Cc1c(F)cccc1Cl. The molecule has 1 aliphatic carbocycles. The van der Waals surface area contributed by atoms with Gasteiger partial charge in [0, 0.05) is 43.7 Å². The first-order valence-corrected chi connectivity index (χ1v) is 7.93. The van der Waals surface area contributed by atoms with Crippen LogP contribution in [0.15, 0.2) is 23.2 Å². The molecule has 0 bridgehead atoms. The molecule has 2 N–H and O–H groups in total. The molecule has 22 heavy (non-hydrogen) atoms. The second-order valence-electron chi connectivity index (χ2n) is 5.74. The van der Waals surface area contributed by atoms with Crippen LogP contribution in [0.5, 0.6) is 0 Å². The van der Waals surface area contributed by atoms with Gasteiger partial charge >= 0.3 is 0 Å². The summed E-state index contributed by atoms with van der Waals surface area (Å²) >= 11 is 6.06. The number of guanidine groups is 1. The molecule has 6 heteroatoms. The topological polar surface area (TPSA) is 47.9 Å². The van der Waals surface area contributed by atoms with Gasteiger partial charge in [0.15, 0.2) is 5.96 Å². The largest absolute Gasteiger partial charge is 0.393 e. The number of nitrogens with zero attached hydrogens (tertiary/aromatic N) is 2. The number of aliphatic hydroxyl groups excluding tert-OH is 1. The van der Waals surface area contributed by atoms with E-state index in [4.69, 9.17) is 11.6 Å². The minimum Gasteiger partial charge on any atom is -0.393 e. The Kier molecular flexibility index (Phi) is 6.03. The van der Waals surface area contributed by atoms with Crippen molar-refractivity contribution in [2.24, 2.45) is 10.9 Å². The molecule has 2 unspecified atom stereocenters. The van der Waals surface area contributed by atoms with Gasteiger partial charge in [-0.05, 0) is 25.0 Å². The van der Waals surface area contributed by atoms with Crippen LogP contribution in [0.25, 0.3) is 0 Å². The van der Waals surface area contributed by atoms with Gasteiger partial charge < -0.3 is 15.3 Å². The van der Waals surface area contributed by atoms with Gasteiger partial charge in [0.1, 0.15) is 5.82 Å². The zero-order valence-electron chi connectivity index (χ0n) is 13.0. The summed E-state index contributed by atoms with van der Waals surface area (Å²) in [6.07, 6.45) is 2.71. The van der Waals surface area contributed by atoms with Crippen LogP contribution in [0.4, 0.5) is 4.39 Å². The summed E-state index contributed by atoms with van der Waals surface area (Å²) in [6.45, 7) is 1.00. The molecule has 2 rings (SSSR count). The lowest BCUT2D eigenvalue weighted by Gasteiger charge is -2.25. The molecule has 1 saturated carbocycles. The van der Waals surface area contributed by atoms with E-state index < -0.39 is 0 Å². The van der Waals surface area contributed by atoms with Crippen molar-refractivity contribution in [1.82, 2.24) is 10.2 Å². The third kappa shape index (κ3) is 4.11. The van der Waals surface area contributed by atoms with Crippen LogP contribution in [0.2, 0.25) is 5.02 Å². The van der Waals surface area contributed by atoms with E-state index in [2.05, 4.69) is 10.3 Å². The number of aliphatic hydroxyl groups is 1. The van der Waals surface area contributed by atoms with Crippen molar-refractivity contribution in [3.05, 3.63) is 34.6 Å². The van der Waals surface area contributed by atoms with Crippen LogP contribution < -0.4 is 5.32 Å². The van der Waals surface area contributed by atoms with E-state index in [1.807, 2.05) is 11.9 Å². The molecule has 1 aliphatic rings. The molecule has 0 heterocycles. The summed E-state index contributed by atoms with van der Waals surface area (Å²) < 4.78 is 13.9. The predicted molar refractivity (Wildman–Crippen MR) is 87.6 cm³/mol. The Morgan fingerprint density at radius 2 is 2.27 bits per heavy atom. The summed E-state index contributed by atoms with van der Waals surface area (Å²) in [4.78, 5) is 6.04. The highest BCUT2D eigenvalue weighted by molar-refractivity contribution is 6.31. The molecule has 0 aromatic heterocycles. The maximum atomic E-state index is 13.9. The van der Waals surface area contributed by atoms with E-state index in [1.165, 1.54) is 6.07 Å². The Balaban J connectivity index is 1.96. The zero-order valence-corrected chi connectivity index (χ0v) is 13.8. The first-order valence-electron chi connectivity index (χ1n) is 7.55. The Hall–Kier alpha value is -1.33. The van der Waals surface area contributed by atoms with E-state index in [0.29, 0.717) is 29.6 Å². The molecule has 0 spiro atoms. The lowest BCUT2D eigenvalue weighted by Crippen LogP contribution is -2.41. The molecule has 0 amide bonds. The fourth-order valence-corrected chi connectivity index (χ4v) is 3.08. The Morgan fingerprint density at radius 3 is 2.86 bits per heavy atom. The van der Waals surface area contributed by atoms with Gasteiger partial charge in [0.05, 0.1) is 6.10 Å². The maximum absolute atomic E-state index is 13.9. The maximum Gasteiger partial charge on any atom is 0.193 e. The number of benzene rings is 1. The van der Waals surface area contributed by atoms with Crippen molar-refractivity contribution in [3.63, 3.8) is 0 Å². The number of hydrogen-bond acceptors (Lipinski definition) is 2. The monoisotopic (exact) mass is 327 g/mol. The summed E-state index contributed by atoms with van der Waals surface area (Å²) in [5, 5.41) is 13.5. The molecule has 0 saturated heterocycles. The smallest absolute Gasteiger partial charge is 0.193 e. The van der Waals surface area contributed by atoms with Crippen molar-refractivity contribution < 1.29 is 9.50 Å². The quantitative estimate of drug-likeness (QED) is 0.660. The Labute approximate surface area is 136 Å². The molecule has 1 fully saturated rings. The van der Waals surface area contributed by atoms with Crippen molar-refractivity contribution in [3.8, 4) is 0 Å². The predicted octanol–water partition coefficient (Wildman–Crippen LogP) is 2.65. The fraction of sp³-hybridized carbons (Fsp3) is 0.562. The minimum absolute atomic E-state index is 0.239. The summed E-state index contributed by atoms with van der Waals surface area (Å²) in [5.74, 6) is 0.599. The number of hydrogen-bond donors (Lipinski definition) is 2. The van der Waals surface area contributed by atoms with Crippen molar-refractivity contribution in [2.75, 3.05) is 20.6 Å². The van der Waals surface area contributed by atoms with Crippen LogP contribution >= 0.6 is 11.6 Å². The van der Waals surface area contributed by atoms with Gasteiger partial charge in [-0.2, -0.15) is 0 Å². The van der Waals surface area contributed by atoms with E-state index >= 15 is 0 Å². The summed E-state index contributed by atoms with van der Waals surface area (Å²) in [6, 6.07) is 4.68. The lowest BCUT2D eigenvalue weighted by atomic mass is 10.1. The van der Waals surface area contributed by atoms with Gasteiger partial charge in [-0.3, -0.25) is 4.99 Å². The lowest BCUT2D eigenvalue weighted by molar-refractivity contribution is 0.134. The standard InChI is InChI=1S/C16H23ClFN3O/c1-19-16(20-9-11-5-3-8-15(11)22)21(2)10-12-13(17)6-4-7-14(12)18/h4,6-7,11,15,22H,3,5,8-10H2,1-2H3,(H,19,20). The molecular weight excluding hydrogens is 305 g/mol. The number of aliphatic imine (C=N–C) groups is 1. The Morgan fingerprint density at radius 1 is 1.50 bits per heavy atom. The van der Waals surface area contributed by atoms with Crippen molar-refractivity contribution in [2.45, 2.75) is 31.9 Å². The second kappa shape index (κ2) is 7.79. The summed E-state index contributed by atoms with van der Waals surface area (Å²) in [5.41, 5.74) is 0.454. The third-order valence-electron chi connectivity index (χ3n) is 4.17. The minimum atomic E-state index is -0.319.